The topological polar surface area (TPSA) is 21.3 Å². The van der Waals surface area contributed by atoms with Gasteiger partial charge in [-0.3, -0.25) is 0 Å². The summed E-state index contributed by atoms with van der Waals surface area (Å²) >= 11 is 1.84. The lowest BCUT2D eigenvalue weighted by atomic mass is 9.80. The van der Waals surface area contributed by atoms with E-state index in [4.69, 9.17) is 4.74 Å². The molecule has 1 saturated carbocycles. The third-order valence-corrected chi connectivity index (χ3v) is 4.92. The number of ether oxygens (including phenoxy) is 1. The lowest BCUT2D eigenvalue weighted by Crippen LogP contribution is -2.48. The molecule has 0 aromatic carbocycles. The zero-order valence-electron chi connectivity index (χ0n) is 10.4. The van der Waals surface area contributed by atoms with Gasteiger partial charge in [0.1, 0.15) is 0 Å². The van der Waals surface area contributed by atoms with Gasteiger partial charge in [-0.25, -0.2) is 0 Å². The molecule has 0 bridgehead atoms. The Morgan fingerprint density at radius 2 is 2.31 bits per heavy atom. The zero-order chi connectivity index (χ0) is 11.6. The number of thiophene rings is 1. The van der Waals surface area contributed by atoms with E-state index in [-0.39, 0.29) is 5.60 Å². The third-order valence-electron chi connectivity index (χ3n) is 3.72. The van der Waals surface area contributed by atoms with Crippen LogP contribution in [0.3, 0.4) is 0 Å². The molecular formula is C13H21NOS. The van der Waals surface area contributed by atoms with Crippen LogP contribution in [0.25, 0.3) is 0 Å². The van der Waals surface area contributed by atoms with E-state index in [1.54, 1.807) is 0 Å². The van der Waals surface area contributed by atoms with Crippen molar-refractivity contribution in [3.05, 3.63) is 21.9 Å². The van der Waals surface area contributed by atoms with Gasteiger partial charge in [0.2, 0.25) is 0 Å². The predicted molar refractivity (Wildman–Crippen MR) is 69.1 cm³/mol. The molecule has 0 spiro atoms. The molecular weight excluding hydrogens is 218 g/mol. The van der Waals surface area contributed by atoms with Crippen molar-refractivity contribution >= 4 is 11.3 Å². The van der Waals surface area contributed by atoms with E-state index in [2.05, 4.69) is 30.6 Å². The SMILES string of the molecule is COC1(CNC(C)c2sccc2C)CCC1. The summed E-state index contributed by atoms with van der Waals surface area (Å²) in [6, 6.07) is 2.63. The van der Waals surface area contributed by atoms with Crippen LogP contribution >= 0.6 is 11.3 Å². The predicted octanol–water partition coefficient (Wildman–Crippen LogP) is 3.28. The average Bonchev–Trinajstić information content (AvgIpc) is 2.63. The standard InChI is InChI=1S/C13H21NOS/c1-10-5-8-16-12(10)11(2)14-9-13(15-3)6-4-7-13/h5,8,11,14H,4,6-7,9H2,1-3H3. The fraction of sp³-hybridized carbons (Fsp3) is 0.692. The molecule has 2 rings (SSSR count). The first-order valence-electron chi connectivity index (χ1n) is 5.99. The highest BCUT2D eigenvalue weighted by atomic mass is 32.1. The van der Waals surface area contributed by atoms with Gasteiger partial charge in [0.25, 0.3) is 0 Å². The molecule has 1 fully saturated rings. The zero-order valence-corrected chi connectivity index (χ0v) is 11.2. The number of nitrogens with one attached hydrogen (secondary N) is 1. The highest BCUT2D eigenvalue weighted by Crippen LogP contribution is 2.35. The Labute approximate surface area is 102 Å². The number of rotatable bonds is 5. The van der Waals surface area contributed by atoms with Crippen molar-refractivity contribution in [2.75, 3.05) is 13.7 Å². The smallest absolute Gasteiger partial charge is 0.0802 e. The lowest BCUT2D eigenvalue weighted by molar-refractivity contribution is -0.0706. The second-order valence-electron chi connectivity index (χ2n) is 4.81. The molecule has 1 aromatic heterocycles. The van der Waals surface area contributed by atoms with Crippen molar-refractivity contribution in [1.29, 1.82) is 0 Å². The van der Waals surface area contributed by atoms with Gasteiger partial charge in [0.05, 0.1) is 5.60 Å². The first-order chi connectivity index (χ1) is 7.67. The van der Waals surface area contributed by atoms with Crippen LogP contribution in [0.15, 0.2) is 11.4 Å². The summed E-state index contributed by atoms with van der Waals surface area (Å²) in [5.41, 5.74) is 1.52. The van der Waals surface area contributed by atoms with Gasteiger partial charge in [-0.15, -0.1) is 11.3 Å². The molecule has 2 nitrogen and oxygen atoms in total. The van der Waals surface area contributed by atoms with Gasteiger partial charge in [-0.05, 0) is 50.1 Å². The van der Waals surface area contributed by atoms with Crippen LogP contribution in [-0.4, -0.2) is 19.3 Å². The van der Waals surface area contributed by atoms with E-state index < -0.39 is 0 Å². The fourth-order valence-corrected chi connectivity index (χ4v) is 3.24. The molecule has 90 valence electrons. The average molecular weight is 239 g/mol. The van der Waals surface area contributed by atoms with Crippen molar-refractivity contribution in [3.63, 3.8) is 0 Å². The molecule has 1 aliphatic rings. The molecule has 1 aromatic rings. The molecule has 0 saturated heterocycles. The maximum Gasteiger partial charge on any atom is 0.0802 e. The molecule has 1 heterocycles. The molecule has 16 heavy (non-hydrogen) atoms. The van der Waals surface area contributed by atoms with E-state index in [1.165, 1.54) is 29.7 Å². The summed E-state index contributed by atoms with van der Waals surface area (Å²) in [5.74, 6) is 0. The summed E-state index contributed by atoms with van der Waals surface area (Å²) in [4.78, 5) is 1.45. The molecule has 0 amide bonds. The van der Waals surface area contributed by atoms with E-state index in [0.717, 1.165) is 6.54 Å². The van der Waals surface area contributed by atoms with Crippen molar-refractivity contribution in [2.24, 2.45) is 0 Å². The minimum absolute atomic E-state index is 0.124. The van der Waals surface area contributed by atoms with Gasteiger partial charge in [0.15, 0.2) is 0 Å². The van der Waals surface area contributed by atoms with Gasteiger partial charge in [-0.2, -0.15) is 0 Å². The Balaban J connectivity index is 1.88. The molecule has 1 unspecified atom stereocenters. The van der Waals surface area contributed by atoms with Crippen molar-refractivity contribution in [2.45, 2.75) is 44.8 Å². The third kappa shape index (κ3) is 2.31. The van der Waals surface area contributed by atoms with E-state index in [1.807, 2.05) is 18.4 Å². The summed E-state index contributed by atoms with van der Waals surface area (Å²) in [6.45, 7) is 5.39. The Hall–Kier alpha value is -0.380. The second kappa shape index (κ2) is 4.86. The first-order valence-corrected chi connectivity index (χ1v) is 6.87. The highest BCUT2D eigenvalue weighted by molar-refractivity contribution is 7.10. The quantitative estimate of drug-likeness (QED) is 0.851. The normalized spacial score (nSPS) is 20.4. The number of aryl methyl sites for hydroxylation is 1. The molecule has 3 heteroatoms. The maximum absolute atomic E-state index is 5.61. The number of hydrogen-bond donors (Lipinski definition) is 1. The molecule has 0 radical (unpaired) electrons. The maximum atomic E-state index is 5.61. The minimum Gasteiger partial charge on any atom is -0.377 e. The molecule has 0 aliphatic heterocycles. The largest absolute Gasteiger partial charge is 0.377 e. The minimum atomic E-state index is 0.124. The van der Waals surface area contributed by atoms with Crippen LogP contribution in [0.1, 0.15) is 42.7 Å². The Bertz CT molecular complexity index is 338. The summed E-state index contributed by atoms with van der Waals surface area (Å²) in [5, 5.41) is 5.77. The first kappa shape index (κ1) is 12.1. The molecule has 1 atom stereocenters. The highest BCUT2D eigenvalue weighted by Gasteiger charge is 2.36. The van der Waals surface area contributed by atoms with Crippen molar-refractivity contribution in [1.82, 2.24) is 5.32 Å². The van der Waals surface area contributed by atoms with Gasteiger partial charge in [-0.1, -0.05) is 0 Å². The van der Waals surface area contributed by atoms with Crippen molar-refractivity contribution in [3.8, 4) is 0 Å². The Morgan fingerprint density at radius 3 is 2.75 bits per heavy atom. The van der Waals surface area contributed by atoms with Crippen LogP contribution in [0, 0.1) is 6.92 Å². The second-order valence-corrected chi connectivity index (χ2v) is 5.76. The van der Waals surface area contributed by atoms with Gasteiger partial charge < -0.3 is 10.1 Å². The van der Waals surface area contributed by atoms with E-state index in [9.17, 15) is 0 Å². The van der Waals surface area contributed by atoms with Crippen LogP contribution in [0.2, 0.25) is 0 Å². The van der Waals surface area contributed by atoms with Crippen LogP contribution in [-0.2, 0) is 4.74 Å². The van der Waals surface area contributed by atoms with Crippen LogP contribution in [0.4, 0.5) is 0 Å². The molecule has 1 aliphatic carbocycles. The van der Waals surface area contributed by atoms with E-state index in [0.29, 0.717) is 6.04 Å². The Morgan fingerprint density at radius 1 is 1.56 bits per heavy atom. The number of hydrogen-bond acceptors (Lipinski definition) is 3. The van der Waals surface area contributed by atoms with Crippen LogP contribution < -0.4 is 5.32 Å². The summed E-state index contributed by atoms with van der Waals surface area (Å²) < 4.78 is 5.61. The van der Waals surface area contributed by atoms with Gasteiger partial charge >= 0.3 is 0 Å². The lowest BCUT2D eigenvalue weighted by Gasteiger charge is -2.41. The summed E-state index contributed by atoms with van der Waals surface area (Å²) in [7, 11) is 1.84. The summed E-state index contributed by atoms with van der Waals surface area (Å²) in [6.07, 6.45) is 3.71. The Kier molecular flexibility index (Phi) is 3.67. The monoisotopic (exact) mass is 239 g/mol. The van der Waals surface area contributed by atoms with Crippen LogP contribution in [0.5, 0.6) is 0 Å². The fourth-order valence-electron chi connectivity index (χ4n) is 2.28. The molecule has 1 N–H and O–H groups in total. The van der Waals surface area contributed by atoms with E-state index >= 15 is 0 Å². The van der Waals surface area contributed by atoms with Gasteiger partial charge in [0, 0.05) is 24.6 Å². The number of methoxy groups -OCH3 is 1. The van der Waals surface area contributed by atoms with Crippen molar-refractivity contribution < 1.29 is 4.74 Å².